The summed E-state index contributed by atoms with van der Waals surface area (Å²) in [6.07, 6.45) is 7.63. The Morgan fingerprint density at radius 1 is 1.33 bits per heavy atom. The largest absolute Gasteiger partial charge is 0.463 e. The minimum atomic E-state index is -1.30. The van der Waals surface area contributed by atoms with Crippen LogP contribution in [0.25, 0.3) is 0 Å². The van der Waals surface area contributed by atoms with E-state index in [9.17, 15) is 9.59 Å². The number of hydrogen-bond acceptors (Lipinski definition) is 3. The zero-order valence-electron chi connectivity index (χ0n) is 10.6. The van der Waals surface area contributed by atoms with Gasteiger partial charge in [0.1, 0.15) is 0 Å². The quantitative estimate of drug-likeness (QED) is 0.323. The molecule has 0 aromatic rings. The Bertz CT molecular complexity index is 316. The maximum Gasteiger partial charge on any atom is 0.433 e. The number of nitrogens with zero attached hydrogens (tertiary/aromatic N) is 1. The molecule has 102 valence electrons. The molecule has 2 N–H and O–H groups in total. The number of nitrogens with one attached hydrogen (secondary N) is 1. The third kappa shape index (κ3) is 9.89. The van der Waals surface area contributed by atoms with Gasteiger partial charge in [0.15, 0.2) is 5.17 Å². The zero-order chi connectivity index (χ0) is 13.8. The maximum atomic E-state index is 11.5. The van der Waals surface area contributed by atoms with Crippen molar-refractivity contribution in [1.82, 2.24) is 5.32 Å². The number of carbonyl (C=O) groups excluding carboxylic acids is 1. The van der Waals surface area contributed by atoms with Crippen LogP contribution in [0.15, 0.2) is 17.6 Å². The number of aliphatic imine (C=N–C) groups is 1. The summed E-state index contributed by atoms with van der Waals surface area (Å²) in [7, 11) is 0. The molecular formula is C12H20N2O3S. The van der Waals surface area contributed by atoms with Crippen molar-refractivity contribution < 1.29 is 14.7 Å². The van der Waals surface area contributed by atoms with Gasteiger partial charge in [-0.05, 0) is 25.5 Å². The van der Waals surface area contributed by atoms with Gasteiger partial charge in [0.05, 0.1) is 0 Å². The summed E-state index contributed by atoms with van der Waals surface area (Å²) in [6.45, 7) is 3.64. The highest BCUT2D eigenvalue weighted by Gasteiger charge is 2.06. The first-order valence-corrected chi connectivity index (χ1v) is 7.09. The van der Waals surface area contributed by atoms with Crippen LogP contribution < -0.4 is 5.32 Å². The third-order valence-corrected chi connectivity index (χ3v) is 2.78. The van der Waals surface area contributed by atoms with Gasteiger partial charge in [0.2, 0.25) is 5.91 Å². The van der Waals surface area contributed by atoms with Crippen molar-refractivity contribution in [3.8, 4) is 0 Å². The smallest absolute Gasteiger partial charge is 0.433 e. The van der Waals surface area contributed by atoms with Crippen LogP contribution >= 0.6 is 11.8 Å². The zero-order valence-corrected chi connectivity index (χ0v) is 11.5. The highest BCUT2D eigenvalue weighted by Crippen LogP contribution is 2.06. The first-order valence-electron chi connectivity index (χ1n) is 5.86. The van der Waals surface area contributed by atoms with Gasteiger partial charge in [-0.15, -0.1) is 6.58 Å². The van der Waals surface area contributed by atoms with Crippen molar-refractivity contribution in [3.63, 3.8) is 0 Å². The minimum absolute atomic E-state index is 0.124. The van der Waals surface area contributed by atoms with Gasteiger partial charge in [-0.2, -0.15) is 4.99 Å². The monoisotopic (exact) mass is 272 g/mol. The second kappa shape index (κ2) is 10.8. The lowest BCUT2D eigenvalue weighted by Gasteiger charge is -2.04. The van der Waals surface area contributed by atoms with E-state index in [0.717, 1.165) is 43.9 Å². The van der Waals surface area contributed by atoms with Gasteiger partial charge in [0, 0.05) is 6.42 Å². The van der Waals surface area contributed by atoms with E-state index in [1.54, 1.807) is 6.26 Å². The molecule has 0 saturated heterocycles. The summed E-state index contributed by atoms with van der Waals surface area (Å²) < 4.78 is 0. The molecule has 0 bridgehead atoms. The first kappa shape index (κ1) is 16.7. The van der Waals surface area contributed by atoms with Crippen molar-refractivity contribution in [1.29, 1.82) is 0 Å². The lowest BCUT2D eigenvalue weighted by Crippen LogP contribution is -2.28. The van der Waals surface area contributed by atoms with Gasteiger partial charge < -0.3 is 10.4 Å². The Balaban J connectivity index is 3.76. The van der Waals surface area contributed by atoms with Crippen LogP contribution in [-0.4, -0.2) is 28.5 Å². The van der Waals surface area contributed by atoms with E-state index in [0.29, 0.717) is 6.42 Å². The predicted octanol–water partition coefficient (Wildman–Crippen LogP) is 3.03. The molecule has 5 nitrogen and oxygen atoms in total. The molecular weight excluding hydrogens is 252 g/mol. The average molecular weight is 272 g/mol. The summed E-state index contributed by atoms with van der Waals surface area (Å²) in [5.41, 5.74) is 0. The van der Waals surface area contributed by atoms with Gasteiger partial charge in [-0.3, -0.25) is 4.79 Å². The number of unbranched alkanes of at least 4 members (excludes halogenated alkanes) is 4. The summed E-state index contributed by atoms with van der Waals surface area (Å²) in [5.74, 6) is -0.187. The predicted molar refractivity (Wildman–Crippen MR) is 75.0 cm³/mol. The van der Waals surface area contributed by atoms with Crippen LogP contribution in [0.1, 0.15) is 38.5 Å². The fraction of sp³-hybridized carbons (Fsp3) is 0.583. The number of hydrogen-bond donors (Lipinski definition) is 2. The summed E-state index contributed by atoms with van der Waals surface area (Å²) in [6, 6.07) is 0. The van der Waals surface area contributed by atoms with Crippen molar-refractivity contribution in [3.05, 3.63) is 12.7 Å². The Morgan fingerprint density at radius 2 is 2.00 bits per heavy atom. The lowest BCUT2D eigenvalue weighted by molar-refractivity contribution is -0.119. The minimum Gasteiger partial charge on any atom is -0.463 e. The molecule has 0 rings (SSSR count). The Labute approximate surface area is 112 Å². The Kier molecular flexibility index (Phi) is 10.0. The SMILES string of the molecule is C=CCCCCCCC(=O)NC(=NC(=O)O)SC. The topological polar surface area (TPSA) is 78.8 Å². The molecule has 0 aliphatic heterocycles. The van der Waals surface area contributed by atoms with Gasteiger partial charge in [0.25, 0.3) is 0 Å². The Hall–Kier alpha value is -1.30. The second-order valence-electron chi connectivity index (χ2n) is 3.69. The number of thioether (sulfide) groups is 1. The Morgan fingerprint density at radius 3 is 2.56 bits per heavy atom. The molecule has 0 unspecified atom stereocenters. The van der Waals surface area contributed by atoms with Crippen molar-refractivity contribution in [2.75, 3.05) is 6.26 Å². The van der Waals surface area contributed by atoms with E-state index in [1.165, 1.54) is 0 Å². The van der Waals surface area contributed by atoms with E-state index in [4.69, 9.17) is 5.11 Å². The number of rotatable bonds is 7. The average Bonchev–Trinajstić information content (AvgIpc) is 2.32. The van der Waals surface area contributed by atoms with E-state index < -0.39 is 6.09 Å². The number of carbonyl (C=O) groups is 2. The lowest BCUT2D eigenvalue weighted by atomic mass is 10.1. The molecule has 0 aliphatic carbocycles. The molecule has 0 aliphatic rings. The van der Waals surface area contributed by atoms with Crippen LogP contribution in [-0.2, 0) is 4.79 Å². The molecule has 0 heterocycles. The van der Waals surface area contributed by atoms with E-state index in [2.05, 4.69) is 16.9 Å². The van der Waals surface area contributed by atoms with Crippen LogP contribution in [0.5, 0.6) is 0 Å². The maximum absolute atomic E-state index is 11.5. The van der Waals surface area contributed by atoms with Crippen molar-refractivity contribution >= 4 is 28.9 Å². The molecule has 18 heavy (non-hydrogen) atoms. The van der Waals surface area contributed by atoms with E-state index in [1.807, 2.05) is 6.08 Å². The molecule has 6 heteroatoms. The highest BCUT2D eigenvalue weighted by atomic mass is 32.2. The molecule has 0 saturated carbocycles. The molecule has 0 aromatic carbocycles. The summed E-state index contributed by atoms with van der Waals surface area (Å²) in [5, 5.41) is 11.1. The van der Waals surface area contributed by atoms with Crippen LogP contribution in [0.3, 0.4) is 0 Å². The van der Waals surface area contributed by atoms with Crippen molar-refractivity contribution in [2.45, 2.75) is 38.5 Å². The third-order valence-electron chi connectivity index (χ3n) is 2.20. The standard InChI is InChI=1S/C12H20N2O3S/c1-3-4-5-6-7-8-9-10(15)13-11(18-2)14-12(16)17/h3H,1,4-9H2,2H3,(H,16,17)(H,13,14,15). The highest BCUT2D eigenvalue weighted by molar-refractivity contribution is 8.13. The number of amidine groups is 1. The number of allylic oxidation sites excluding steroid dienone is 1. The molecule has 0 aromatic heterocycles. The van der Waals surface area contributed by atoms with Crippen molar-refractivity contribution in [2.24, 2.45) is 4.99 Å². The summed E-state index contributed by atoms with van der Waals surface area (Å²) in [4.78, 5) is 25.1. The second-order valence-corrected chi connectivity index (χ2v) is 4.49. The number of amides is 2. The molecule has 0 fully saturated rings. The van der Waals surface area contributed by atoms with Gasteiger partial charge >= 0.3 is 6.09 Å². The fourth-order valence-electron chi connectivity index (χ4n) is 1.32. The molecule has 0 atom stereocenters. The van der Waals surface area contributed by atoms with Gasteiger partial charge in [-0.25, -0.2) is 4.79 Å². The van der Waals surface area contributed by atoms with E-state index in [-0.39, 0.29) is 11.1 Å². The van der Waals surface area contributed by atoms with Gasteiger partial charge in [-0.1, -0.05) is 30.7 Å². The number of carboxylic acid groups (broad SMARTS) is 1. The normalized spacial score (nSPS) is 11.1. The van der Waals surface area contributed by atoms with Crippen LogP contribution in [0.2, 0.25) is 0 Å². The molecule has 0 spiro atoms. The van der Waals surface area contributed by atoms with Crippen LogP contribution in [0, 0.1) is 0 Å². The van der Waals surface area contributed by atoms with Crippen LogP contribution in [0.4, 0.5) is 4.79 Å². The van der Waals surface area contributed by atoms with E-state index >= 15 is 0 Å². The molecule has 2 amide bonds. The summed E-state index contributed by atoms with van der Waals surface area (Å²) >= 11 is 1.10. The first-order chi connectivity index (χ1) is 8.60. The molecule has 0 radical (unpaired) electrons. The fourth-order valence-corrected chi connectivity index (χ4v) is 1.71.